The van der Waals surface area contributed by atoms with Gasteiger partial charge in [0.15, 0.2) is 0 Å². The second-order valence-electron chi connectivity index (χ2n) is 9.27. The summed E-state index contributed by atoms with van der Waals surface area (Å²) in [4.78, 5) is 38.6. The van der Waals surface area contributed by atoms with E-state index >= 15 is 0 Å². The molecule has 0 fully saturated rings. The summed E-state index contributed by atoms with van der Waals surface area (Å²) in [5.74, 6) is -2.90. The van der Waals surface area contributed by atoms with Crippen LogP contribution in [0.4, 0.5) is 43.8 Å². The molecule has 2 heterocycles. The Labute approximate surface area is 227 Å². The summed E-state index contributed by atoms with van der Waals surface area (Å²) in [6, 6.07) is 6.01. The molecular weight excluding hydrogens is 563 g/mol. The number of hydrogen-bond donors (Lipinski definition) is 4. The molecule has 14 heteroatoms. The van der Waals surface area contributed by atoms with E-state index in [1.807, 2.05) is 0 Å². The van der Waals surface area contributed by atoms with Gasteiger partial charge in [0.1, 0.15) is 11.6 Å². The van der Waals surface area contributed by atoms with Crippen molar-refractivity contribution in [1.29, 1.82) is 0 Å². The molecule has 2 aliphatic heterocycles. The van der Waals surface area contributed by atoms with Gasteiger partial charge in [-0.2, -0.15) is 13.2 Å². The van der Waals surface area contributed by atoms with Crippen LogP contribution in [-0.2, 0) is 10.4 Å². The largest absolute Gasteiger partial charge is 0.423 e. The summed E-state index contributed by atoms with van der Waals surface area (Å²) in [6.07, 6.45) is -5.26. The molecule has 4 amide bonds. The number of hydrogen-bond acceptors (Lipinski definition) is 4. The van der Waals surface area contributed by atoms with Crippen molar-refractivity contribution in [3.63, 3.8) is 0 Å². The van der Waals surface area contributed by atoms with Gasteiger partial charge < -0.3 is 21.1 Å². The van der Waals surface area contributed by atoms with Crippen LogP contribution in [0.5, 0.6) is 0 Å². The first-order valence-electron chi connectivity index (χ1n) is 11.6. The lowest BCUT2D eigenvalue weighted by Gasteiger charge is -2.27. The number of nitrogens with zero attached hydrogens (tertiary/aromatic N) is 1. The number of carbonyl (C=O) groups is 3. The molecule has 3 aromatic carbocycles. The summed E-state index contributed by atoms with van der Waals surface area (Å²) >= 11 is 6.26. The number of carbonyl (C=O) groups excluding carboxylic acids is 3. The molecule has 0 aliphatic carbocycles. The molecule has 0 radical (unpaired) electrons. The standard InChI is InChI=1S/C26H18ClF5N4O4/c1-11(37)33-14-8-16-21(22(35-23(16)38)15-6-12(28)2-4-18(15)27)19(9-14)34-24(39)36-10-25(40,26(30,31)32)17-7-13(29)3-5-20(17)36/h2-9,22,40H,10H2,1H3,(H,33,37)(H,34,39)(H,35,38)/t22-,25-/m1/s1. The van der Waals surface area contributed by atoms with E-state index < -0.39 is 65.1 Å². The third kappa shape index (κ3) is 4.50. The number of alkyl halides is 3. The first-order valence-corrected chi connectivity index (χ1v) is 12.0. The fourth-order valence-corrected chi connectivity index (χ4v) is 5.09. The minimum atomic E-state index is -5.26. The molecule has 4 N–H and O–H groups in total. The molecule has 0 saturated heterocycles. The van der Waals surface area contributed by atoms with Crippen molar-refractivity contribution in [3.05, 3.63) is 87.4 Å². The molecule has 2 aliphatic rings. The molecule has 0 unspecified atom stereocenters. The van der Waals surface area contributed by atoms with E-state index in [1.54, 1.807) is 0 Å². The van der Waals surface area contributed by atoms with Crippen molar-refractivity contribution in [3.8, 4) is 0 Å². The Morgan fingerprint density at radius 3 is 2.42 bits per heavy atom. The van der Waals surface area contributed by atoms with Gasteiger partial charge in [0.05, 0.1) is 24.0 Å². The molecule has 0 saturated carbocycles. The van der Waals surface area contributed by atoms with Gasteiger partial charge in [-0.25, -0.2) is 13.6 Å². The highest BCUT2D eigenvalue weighted by atomic mass is 35.5. The quantitative estimate of drug-likeness (QED) is 0.319. The maximum absolute atomic E-state index is 14.1. The Morgan fingerprint density at radius 1 is 1.07 bits per heavy atom. The second kappa shape index (κ2) is 9.45. The van der Waals surface area contributed by atoms with Gasteiger partial charge in [0.25, 0.3) is 5.91 Å². The predicted octanol–water partition coefficient (Wildman–Crippen LogP) is 5.21. The van der Waals surface area contributed by atoms with Crippen molar-refractivity contribution in [1.82, 2.24) is 5.32 Å². The van der Waals surface area contributed by atoms with E-state index in [9.17, 15) is 41.4 Å². The topological polar surface area (TPSA) is 111 Å². The summed E-state index contributed by atoms with van der Waals surface area (Å²) < 4.78 is 69.6. The van der Waals surface area contributed by atoms with Crippen LogP contribution in [0, 0.1) is 11.6 Å². The molecule has 0 bridgehead atoms. The Balaban J connectivity index is 1.61. The molecule has 8 nitrogen and oxygen atoms in total. The van der Waals surface area contributed by atoms with Crippen molar-refractivity contribution < 1.29 is 41.4 Å². The number of anilines is 3. The zero-order valence-electron chi connectivity index (χ0n) is 20.3. The maximum Gasteiger partial charge on any atom is 0.423 e. The Morgan fingerprint density at radius 2 is 1.75 bits per heavy atom. The lowest BCUT2D eigenvalue weighted by molar-refractivity contribution is -0.258. The van der Waals surface area contributed by atoms with Crippen molar-refractivity contribution in [2.75, 3.05) is 22.1 Å². The van der Waals surface area contributed by atoms with Crippen molar-refractivity contribution >= 4 is 46.5 Å². The monoisotopic (exact) mass is 580 g/mol. The zero-order valence-corrected chi connectivity index (χ0v) is 21.0. The second-order valence-corrected chi connectivity index (χ2v) is 9.68. The summed E-state index contributed by atoms with van der Waals surface area (Å²) in [6.45, 7) is -0.0931. The van der Waals surface area contributed by atoms with Crippen LogP contribution in [0.2, 0.25) is 5.02 Å². The number of benzene rings is 3. The van der Waals surface area contributed by atoms with Crippen LogP contribution in [0.15, 0.2) is 48.5 Å². The molecule has 0 spiro atoms. The summed E-state index contributed by atoms with van der Waals surface area (Å²) in [5.41, 5.74) is -4.66. The van der Waals surface area contributed by atoms with Crippen LogP contribution in [0.3, 0.4) is 0 Å². The smallest absolute Gasteiger partial charge is 0.375 e. The number of halogens is 6. The van der Waals surface area contributed by atoms with Crippen LogP contribution in [-0.4, -0.2) is 35.7 Å². The Bertz CT molecular complexity index is 1600. The Hall–Kier alpha value is -4.23. The number of β-amino-alcohol motifs (C(OH)–C–C–N with tert-alkyl or cyclic N) is 1. The van der Waals surface area contributed by atoms with E-state index in [1.165, 1.54) is 25.1 Å². The fraction of sp³-hybridized carbons (Fsp3) is 0.192. The lowest BCUT2D eigenvalue weighted by Crippen LogP contribution is -2.48. The van der Waals surface area contributed by atoms with E-state index in [2.05, 4.69) is 16.0 Å². The van der Waals surface area contributed by atoms with Gasteiger partial charge in [-0.15, -0.1) is 0 Å². The van der Waals surface area contributed by atoms with E-state index in [0.29, 0.717) is 11.0 Å². The van der Waals surface area contributed by atoms with E-state index in [0.717, 1.165) is 24.3 Å². The molecule has 2 atom stereocenters. The van der Waals surface area contributed by atoms with Crippen molar-refractivity contribution in [2.24, 2.45) is 0 Å². The minimum Gasteiger partial charge on any atom is -0.375 e. The fourth-order valence-electron chi connectivity index (χ4n) is 4.86. The van der Waals surface area contributed by atoms with E-state index in [-0.39, 0.29) is 33.1 Å². The molecule has 208 valence electrons. The average molecular weight is 581 g/mol. The first kappa shape index (κ1) is 27.3. The van der Waals surface area contributed by atoms with Gasteiger partial charge in [-0.05, 0) is 48.5 Å². The lowest BCUT2D eigenvalue weighted by atomic mass is 9.95. The number of urea groups is 1. The van der Waals surface area contributed by atoms with Crippen LogP contribution in [0.25, 0.3) is 0 Å². The SMILES string of the molecule is CC(=O)Nc1cc(NC(=O)N2C[C@](O)(C(F)(F)F)c3cc(F)ccc32)c2c(c1)C(=O)N[C@@H]2c1cc(F)ccc1Cl. The predicted molar refractivity (Wildman–Crippen MR) is 134 cm³/mol. The molecule has 3 aromatic rings. The van der Waals surface area contributed by atoms with Gasteiger partial charge in [0.2, 0.25) is 11.5 Å². The number of nitrogens with one attached hydrogen (secondary N) is 3. The third-order valence-corrected chi connectivity index (χ3v) is 6.96. The number of amides is 4. The number of aliphatic hydroxyl groups is 1. The third-order valence-electron chi connectivity index (χ3n) is 6.62. The highest BCUT2D eigenvalue weighted by Crippen LogP contribution is 2.49. The average Bonchev–Trinajstić information content (AvgIpc) is 3.35. The van der Waals surface area contributed by atoms with Gasteiger partial charge >= 0.3 is 12.2 Å². The highest BCUT2D eigenvalue weighted by molar-refractivity contribution is 6.31. The molecule has 40 heavy (non-hydrogen) atoms. The summed E-state index contributed by atoms with van der Waals surface area (Å²) in [7, 11) is 0. The van der Waals surface area contributed by atoms with Gasteiger partial charge in [0, 0.05) is 39.9 Å². The molecular formula is C26H18ClF5N4O4. The van der Waals surface area contributed by atoms with Gasteiger partial charge in [-0.3, -0.25) is 14.5 Å². The zero-order chi connectivity index (χ0) is 29.1. The van der Waals surface area contributed by atoms with Crippen molar-refractivity contribution in [2.45, 2.75) is 24.7 Å². The molecule has 5 rings (SSSR count). The number of rotatable bonds is 3. The normalized spacial score (nSPS) is 19.6. The molecule has 0 aromatic heterocycles. The Kier molecular flexibility index (Phi) is 6.46. The maximum atomic E-state index is 14.1. The number of fused-ring (bicyclic) bond motifs is 2. The minimum absolute atomic E-state index is 0.0254. The van der Waals surface area contributed by atoms with Crippen LogP contribution >= 0.6 is 11.6 Å². The van der Waals surface area contributed by atoms with Gasteiger partial charge in [-0.1, -0.05) is 11.6 Å². The first-order chi connectivity index (χ1) is 18.7. The highest BCUT2D eigenvalue weighted by Gasteiger charge is 2.61. The summed E-state index contributed by atoms with van der Waals surface area (Å²) in [5, 5.41) is 18.1. The van der Waals surface area contributed by atoms with Crippen LogP contribution < -0.4 is 20.9 Å². The van der Waals surface area contributed by atoms with Crippen LogP contribution in [0.1, 0.15) is 40.0 Å². The van der Waals surface area contributed by atoms with E-state index in [4.69, 9.17) is 11.6 Å².